The minimum atomic E-state index is -3.83. The van der Waals surface area contributed by atoms with E-state index in [1.54, 1.807) is 18.0 Å². The summed E-state index contributed by atoms with van der Waals surface area (Å²) in [7, 11) is -2.10. The molecule has 0 heterocycles. The molecule has 0 aliphatic heterocycles. The Hall–Kier alpha value is -1.89. The van der Waals surface area contributed by atoms with Crippen LogP contribution in [0.15, 0.2) is 53.4 Å². The third-order valence-corrected chi connectivity index (χ3v) is 6.07. The van der Waals surface area contributed by atoms with Crippen molar-refractivity contribution in [2.75, 3.05) is 7.05 Å². The van der Waals surface area contributed by atoms with E-state index in [2.05, 4.69) is 4.72 Å². The van der Waals surface area contributed by atoms with Crippen molar-refractivity contribution in [3.05, 3.63) is 64.7 Å². The largest absolute Gasteiger partial charge is 0.339 e. The Kier molecular flexibility index (Phi) is 5.13. The van der Waals surface area contributed by atoms with Crippen LogP contribution in [-0.4, -0.2) is 32.3 Å². The Morgan fingerprint density at radius 3 is 2.52 bits per heavy atom. The summed E-state index contributed by atoms with van der Waals surface area (Å²) in [6.45, 7) is 0.152. The monoisotopic (exact) mass is 378 g/mol. The highest BCUT2D eigenvalue weighted by Gasteiger charge is 2.30. The zero-order valence-corrected chi connectivity index (χ0v) is 15.3. The molecule has 1 N–H and O–H groups in total. The zero-order chi connectivity index (χ0) is 18.0. The highest BCUT2D eigenvalue weighted by molar-refractivity contribution is 7.89. The van der Waals surface area contributed by atoms with Gasteiger partial charge in [0.15, 0.2) is 0 Å². The van der Waals surface area contributed by atoms with Gasteiger partial charge in [0.05, 0.1) is 5.02 Å². The maximum atomic E-state index is 12.6. The fourth-order valence-electron chi connectivity index (χ4n) is 2.53. The molecule has 0 bridgehead atoms. The third kappa shape index (κ3) is 4.21. The number of hydrogen-bond donors (Lipinski definition) is 1. The van der Waals surface area contributed by atoms with Crippen LogP contribution in [0.1, 0.15) is 28.8 Å². The van der Waals surface area contributed by atoms with E-state index in [4.69, 9.17) is 11.6 Å². The van der Waals surface area contributed by atoms with Crippen LogP contribution in [0.25, 0.3) is 0 Å². The van der Waals surface area contributed by atoms with Gasteiger partial charge < -0.3 is 4.90 Å². The molecule has 0 aromatic heterocycles. The second kappa shape index (κ2) is 7.15. The Morgan fingerprint density at radius 2 is 1.88 bits per heavy atom. The normalized spacial score (nSPS) is 14.3. The van der Waals surface area contributed by atoms with Gasteiger partial charge in [-0.25, -0.2) is 13.1 Å². The highest BCUT2D eigenvalue weighted by Crippen LogP contribution is 2.28. The van der Waals surface area contributed by atoms with Crippen molar-refractivity contribution >= 4 is 27.5 Å². The molecule has 7 heteroatoms. The molecule has 0 spiro atoms. The van der Waals surface area contributed by atoms with E-state index >= 15 is 0 Å². The van der Waals surface area contributed by atoms with Gasteiger partial charge in [0.25, 0.3) is 5.91 Å². The lowest BCUT2D eigenvalue weighted by Gasteiger charge is -2.17. The molecule has 132 valence electrons. The van der Waals surface area contributed by atoms with Crippen molar-refractivity contribution in [2.45, 2.75) is 30.3 Å². The molecule has 3 rings (SSSR count). The lowest BCUT2D eigenvalue weighted by molar-refractivity contribution is 0.0785. The first kappa shape index (κ1) is 17.9. The summed E-state index contributed by atoms with van der Waals surface area (Å²) in [5.41, 5.74) is 1.15. The average Bonchev–Trinajstić information content (AvgIpc) is 3.45. The summed E-state index contributed by atoms with van der Waals surface area (Å²) < 4.78 is 27.7. The summed E-state index contributed by atoms with van der Waals surface area (Å²) in [5.74, 6) is -0.196. The van der Waals surface area contributed by atoms with Gasteiger partial charge in [-0.3, -0.25) is 4.79 Å². The van der Waals surface area contributed by atoms with Gasteiger partial charge >= 0.3 is 0 Å². The van der Waals surface area contributed by atoms with Gasteiger partial charge in [0, 0.05) is 25.2 Å². The van der Waals surface area contributed by atoms with Crippen LogP contribution in [0, 0.1) is 0 Å². The average molecular weight is 379 g/mol. The highest BCUT2D eigenvalue weighted by atomic mass is 35.5. The number of nitrogens with zero attached hydrogens (tertiary/aromatic N) is 1. The van der Waals surface area contributed by atoms with E-state index in [9.17, 15) is 13.2 Å². The number of nitrogens with one attached hydrogen (secondary N) is 1. The fourth-order valence-corrected chi connectivity index (χ4v) is 4.07. The second-order valence-electron chi connectivity index (χ2n) is 6.10. The van der Waals surface area contributed by atoms with E-state index in [1.807, 2.05) is 30.3 Å². The number of amides is 1. The molecule has 5 nitrogen and oxygen atoms in total. The molecule has 1 saturated carbocycles. The summed E-state index contributed by atoms with van der Waals surface area (Å²) in [4.78, 5) is 14.0. The van der Waals surface area contributed by atoms with Gasteiger partial charge in [-0.05, 0) is 36.6 Å². The summed E-state index contributed by atoms with van der Waals surface area (Å²) >= 11 is 6.08. The lowest BCUT2D eigenvalue weighted by Crippen LogP contribution is -2.29. The van der Waals surface area contributed by atoms with Gasteiger partial charge in [-0.2, -0.15) is 0 Å². The summed E-state index contributed by atoms with van der Waals surface area (Å²) in [6.07, 6.45) is 1.97. The maximum absolute atomic E-state index is 12.6. The number of sulfonamides is 1. The number of rotatable bonds is 6. The van der Waals surface area contributed by atoms with Gasteiger partial charge in [0.1, 0.15) is 4.90 Å². The second-order valence-corrected chi connectivity index (χ2v) is 8.25. The van der Waals surface area contributed by atoms with E-state index in [-0.39, 0.29) is 28.4 Å². The van der Waals surface area contributed by atoms with Crippen molar-refractivity contribution in [1.29, 1.82) is 0 Å². The van der Waals surface area contributed by atoms with Gasteiger partial charge in [-0.1, -0.05) is 41.9 Å². The number of benzene rings is 2. The first-order chi connectivity index (χ1) is 11.9. The van der Waals surface area contributed by atoms with Crippen LogP contribution >= 0.6 is 11.6 Å². The Labute approximate surface area is 152 Å². The van der Waals surface area contributed by atoms with Crippen molar-refractivity contribution in [3.63, 3.8) is 0 Å². The molecule has 2 aromatic carbocycles. The first-order valence-corrected chi connectivity index (χ1v) is 9.85. The van der Waals surface area contributed by atoms with E-state index in [0.29, 0.717) is 5.56 Å². The maximum Gasteiger partial charge on any atom is 0.253 e. The number of hydrogen-bond acceptors (Lipinski definition) is 3. The number of halogens is 1. The predicted octanol–water partition coefficient (Wildman–Crippen LogP) is 3.05. The molecule has 25 heavy (non-hydrogen) atoms. The molecule has 1 amide bonds. The molecular weight excluding hydrogens is 360 g/mol. The summed E-state index contributed by atoms with van der Waals surface area (Å²) in [5, 5.41) is 0.0891. The van der Waals surface area contributed by atoms with Crippen molar-refractivity contribution in [2.24, 2.45) is 0 Å². The van der Waals surface area contributed by atoms with E-state index in [0.717, 1.165) is 18.4 Å². The smallest absolute Gasteiger partial charge is 0.253 e. The quantitative estimate of drug-likeness (QED) is 0.840. The Bertz CT molecular complexity index is 880. The zero-order valence-electron chi connectivity index (χ0n) is 13.8. The van der Waals surface area contributed by atoms with Crippen LogP contribution < -0.4 is 4.72 Å². The van der Waals surface area contributed by atoms with E-state index < -0.39 is 10.0 Å². The first-order valence-electron chi connectivity index (χ1n) is 7.99. The van der Waals surface area contributed by atoms with Gasteiger partial charge in [0.2, 0.25) is 10.0 Å². The van der Waals surface area contributed by atoms with E-state index in [1.165, 1.54) is 12.1 Å². The Morgan fingerprint density at radius 1 is 1.20 bits per heavy atom. The SMILES string of the molecule is CN(C(=O)c1ccc(Cl)c(S(=O)(=O)NCc2ccccc2)c1)C1CC1. The van der Waals surface area contributed by atoms with Crippen LogP contribution in [0.4, 0.5) is 0 Å². The van der Waals surface area contributed by atoms with Crippen LogP contribution in [0.3, 0.4) is 0 Å². The molecule has 0 unspecified atom stereocenters. The Balaban J connectivity index is 1.82. The standard InChI is InChI=1S/C18H19ClN2O3S/c1-21(15-8-9-15)18(22)14-7-10-16(19)17(11-14)25(23,24)20-12-13-5-3-2-4-6-13/h2-7,10-11,15,20H,8-9,12H2,1H3. The molecule has 0 atom stereocenters. The van der Waals surface area contributed by atoms with Crippen LogP contribution in [0.5, 0.6) is 0 Å². The molecule has 0 radical (unpaired) electrons. The molecule has 0 saturated heterocycles. The third-order valence-electron chi connectivity index (χ3n) is 4.19. The summed E-state index contributed by atoms with van der Waals surface area (Å²) in [6, 6.07) is 13.8. The molecular formula is C18H19ClN2O3S. The minimum absolute atomic E-state index is 0.0832. The number of carbonyl (C=O) groups is 1. The predicted molar refractivity (Wildman–Crippen MR) is 97.0 cm³/mol. The van der Waals surface area contributed by atoms with Crippen molar-refractivity contribution in [1.82, 2.24) is 9.62 Å². The molecule has 1 aliphatic carbocycles. The molecule has 1 fully saturated rings. The number of carbonyl (C=O) groups excluding carboxylic acids is 1. The minimum Gasteiger partial charge on any atom is -0.339 e. The lowest BCUT2D eigenvalue weighted by atomic mass is 10.2. The van der Waals surface area contributed by atoms with Crippen LogP contribution in [-0.2, 0) is 16.6 Å². The fraction of sp³-hybridized carbons (Fsp3) is 0.278. The molecule has 2 aromatic rings. The topological polar surface area (TPSA) is 66.5 Å². The van der Waals surface area contributed by atoms with Gasteiger partial charge in [-0.15, -0.1) is 0 Å². The van der Waals surface area contributed by atoms with Crippen molar-refractivity contribution < 1.29 is 13.2 Å². The van der Waals surface area contributed by atoms with Crippen LogP contribution in [0.2, 0.25) is 5.02 Å². The van der Waals surface area contributed by atoms with Crippen molar-refractivity contribution in [3.8, 4) is 0 Å². The molecule has 1 aliphatic rings.